The van der Waals surface area contributed by atoms with Crippen molar-refractivity contribution in [1.82, 2.24) is 10.2 Å². The van der Waals surface area contributed by atoms with Crippen molar-refractivity contribution >= 4 is 5.96 Å². The largest absolute Gasteiger partial charge is 0.383 e. The van der Waals surface area contributed by atoms with Crippen LogP contribution >= 0.6 is 0 Å². The molecule has 0 radical (unpaired) electrons. The van der Waals surface area contributed by atoms with Crippen LogP contribution in [-0.2, 0) is 4.74 Å². The zero-order valence-electron chi connectivity index (χ0n) is 14.6. The number of ether oxygens (including phenoxy) is 1. The first-order valence-corrected chi connectivity index (χ1v) is 9.04. The summed E-state index contributed by atoms with van der Waals surface area (Å²) in [5, 5.41) is 3.23. The summed E-state index contributed by atoms with van der Waals surface area (Å²) in [6, 6.07) is 0.762. The van der Waals surface area contributed by atoms with Gasteiger partial charge in [0.1, 0.15) is 0 Å². The molecule has 5 nitrogen and oxygen atoms in total. The summed E-state index contributed by atoms with van der Waals surface area (Å²) in [6.45, 7) is 6.79. The van der Waals surface area contributed by atoms with E-state index in [4.69, 9.17) is 10.5 Å². The van der Waals surface area contributed by atoms with Gasteiger partial charge in [0, 0.05) is 39.3 Å². The normalized spacial score (nSPS) is 15.5. The fourth-order valence-electron chi connectivity index (χ4n) is 2.60. The number of nitrogens with zero attached hydrogens (tertiary/aromatic N) is 2. The van der Waals surface area contributed by atoms with Gasteiger partial charge in [0.2, 0.25) is 0 Å². The van der Waals surface area contributed by atoms with Gasteiger partial charge in [-0.05, 0) is 19.3 Å². The molecule has 0 saturated heterocycles. The second-order valence-electron chi connectivity index (χ2n) is 6.22. The number of hydrogen-bond donors (Lipinski definition) is 2. The van der Waals surface area contributed by atoms with Crippen molar-refractivity contribution in [3.05, 3.63) is 0 Å². The van der Waals surface area contributed by atoms with Gasteiger partial charge < -0.3 is 15.8 Å². The second-order valence-corrected chi connectivity index (χ2v) is 6.22. The van der Waals surface area contributed by atoms with Gasteiger partial charge in [-0.25, -0.2) is 0 Å². The summed E-state index contributed by atoms with van der Waals surface area (Å²) < 4.78 is 5.17. The van der Waals surface area contributed by atoms with Gasteiger partial charge in [-0.2, -0.15) is 0 Å². The van der Waals surface area contributed by atoms with Crippen LogP contribution < -0.4 is 11.1 Å². The number of hydrogen-bond acceptors (Lipinski definition) is 3. The van der Waals surface area contributed by atoms with Crippen LogP contribution in [0, 0.1) is 0 Å². The zero-order chi connectivity index (χ0) is 16.0. The van der Waals surface area contributed by atoms with Gasteiger partial charge in [-0.15, -0.1) is 0 Å². The fraction of sp³-hybridized carbons (Fsp3) is 0.941. The molecule has 0 aromatic rings. The van der Waals surface area contributed by atoms with E-state index in [1.165, 1.54) is 44.9 Å². The van der Waals surface area contributed by atoms with Gasteiger partial charge in [0.05, 0.1) is 6.61 Å². The van der Waals surface area contributed by atoms with Gasteiger partial charge in [0.15, 0.2) is 5.96 Å². The van der Waals surface area contributed by atoms with E-state index >= 15 is 0 Å². The Morgan fingerprint density at radius 1 is 1.18 bits per heavy atom. The van der Waals surface area contributed by atoms with Crippen molar-refractivity contribution in [3.63, 3.8) is 0 Å². The van der Waals surface area contributed by atoms with Crippen LogP contribution in [0.1, 0.15) is 58.3 Å². The lowest BCUT2D eigenvalue weighted by Gasteiger charge is -2.21. The third kappa shape index (κ3) is 10.0. The molecule has 3 N–H and O–H groups in total. The molecule has 0 unspecified atom stereocenters. The Hall–Kier alpha value is -0.810. The number of methoxy groups -OCH3 is 1. The molecule has 0 aromatic heterocycles. The Labute approximate surface area is 136 Å². The first-order chi connectivity index (χ1) is 10.8. The minimum absolute atomic E-state index is 0.594. The zero-order valence-corrected chi connectivity index (χ0v) is 14.6. The molecule has 5 heteroatoms. The third-order valence-corrected chi connectivity index (χ3v) is 4.14. The first kappa shape index (κ1) is 19.2. The molecule has 0 amide bonds. The van der Waals surface area contributed by atoms with E-state index in [2.05, 4.69) is 22.1 Å². The predicted molar refractivity (Wildman–Crippen MR) is 94.3 cm³/mol. The van der Waals surface area contributed by atoms with E-state index in [0.29, 0.717) is 5.96 Å². The second kappa shape index (κ2) is 12.7. The van der Waals surface area contributed by atoms with Gasteiger partial charge in [0.25, 0.3) is 0 Å². The quantitative estimate of drug-likeness (QED) is 0.294. The van der Waals surface area contributed by atoms with E-state index < -0.39 is 0 Å². The highest BCUT2D eigenvalue weighted by Gasteiger charge is 2.27. The highest BCUT2D eigenvalue weighted by molar-refractivity contribution is 5.77. The van der Waals surface area contributed by atoms with Crippen molar-refractivity contribution in [3.8, 4) is 0 Å². The van der Waals surface area contributed by atoms with Crippen molar-refractivity contribution in [2.75, 3.05) is 39.9 Å². The monoisotopic (exact) mass is 312 g/mol. The molecule has 0 heterocycles. The molecule has 0 aromatic carbocycles. The maximum atomic E-state index is 5.91. The highest BCUT2D eigenvalue weighted by atomic mass is 16.5. The Morgan fingerprint density at radius 3 is 2.59 bits per heavy atom. The fourth-order valence-corrected chi connectivity index (χ4v) is 2.60. The predicted octanol–water partition coefficient (Wildman–Crippen LogP) is 2.36. The molecule has 1 aliphatic rings. The summed E-state index contributed by atoms with van der Waals surface area (Å²) in [7, 11) is 1.76. The highest BCUT2D eigenvalue weighted by Crippen LogP contribution is 2.25. The van der Waals surface area contributed by atoms with Crippen LogP contribution in [0.4, 0.5) is 0 Å². The van der Waals surface area contributed by atoms with Crippen LogP contribution in [0.5, 0.6) is 0 Å². The lowest BCUT2D eigenvalue weighted by molar-refractivity contribution is 0.144. The number of guanidine groups is 1. The van der Waals surface area contributed by atoms with Crippen LogP contribution in [0.3, 0.4) is 0 Å². The van der Waals surface area contributed by atoms with E-state index in [1.54, 1.807) is 7.11 Å². The maximum Gasteiger partial charge on any atom is 0.188 e. The summed E-state index contributed by atoms with van der Waals surface area (Å²) >= 11 is 0. The first-order valence-electron chi connectivity index (χ1n) is 9.04. The lowest BCUT2D eigenvalue weighted by Crippen LogP contribution is -2.40. The van der Waals surface area contributed by atoms with Crippen molar-refractivity contribution in [1.29, 1.82) is 0 Å². The summed E-state index contributed by atoms with van der Waals surface area (Å²) in [4.78, 5) is 6.89. The molecule has 0 bridgehead atoms. The maximum absolute atomic E-state index is 5.91. The summed E-state index contributed by atoms with van der Waals surface area (Å²) in [5.74, 6) is 0.594. The van der Waals surface area contributed by atoms with E-state index in [9.17, 15) is 0 Å². The Kier molecular flexibility index (Phi) is 11.1. The average molecular weight is 313 g/mol. The van der Waals surface area contributed by atoms with E-state index in [1.807, 2.05) is 0 Å². The van der Waals surface area contributed by atoms with Crippen LogP contribution in [0.25, 0.3) is 0 Å². The average Bonchev–Trinajstić information content (AvgIpc) is 3.34. The number of aliphatic imine (C=N–C) groups is 1. The molecular weight excluding hydrogens is 276 g/mol. The molecular formula is C17H36N4O. The number of nitrogens with two attached hydrogens (primary N) is 1. The van der Waals surface area contributed by atoms with Crippen molar-refractivity contribution in [2.24, 2.45) is 10.7 Å². The van der Waals surface area contributed by atoms with Crippen LogP contribution in [-0.4, -0.2) is 56.8 Å². The summed E-state index contributed by atoms with van der Waals surface area (Å²) in [5.41, 5.74) is 5.91. The Morgan fingerprint density at radius 2 is 1.91 bits per heavy atom. The molecule has 1 aliphatic carbocycles. The standard InChI is InChI=1S/C17H36N4O/c1-3-4-5-6-7-8-11-19-17(18)20-12-13-21(14-15-22-2)16-9-10-16/h16H,3-15H2,1-2H3,(H3,18,19,20). The molecule has 0 aliphatic heterocycles. The smallest absolute Gasteiger partial charge is 0.188 e. The topological polar surface area (TPSA) is 62.9 Å². The molecule has 1 fully saturated rings. The number of nitrogens with one attached hydrogen (secondary N) is 1. The molecule has 0 atom stereocenters. The molecule has 130 valence electrons. The van der Waals surface area contributed by atoms with Gasteiger partial charge >= 0.3 is 0 Å². The lowest BCUT2D eigenvalue weighted by atomic mass is 10.1. The van der Waals surface area contributed by atoms with Crippen molar-refractivity contribution in [2.45, 2.75) is 64.3 Å². The SMILES string of the molecule is CCCCCCCCN=C(N)NCCN(CCOC)C1CC1. The number of unbranched alkanes of at least 4 members (excludes halogenated alkanes) is 5. The van der Waals surface area contributed by atoms with E-state index in [0.717, 1.165) is 45.2 Å². The Balaban J connectivity index is 2.01. The van der Waals surface area contributed by atoms with Gasteiger partial charge in [-0.1, -0.05) is 39.0 Å². The van der Waals surface area contributed by atoms with Gasteiger partial charge in [-0.3, -0.25) is 9.89 Å². The molecule has 1 rings (SSSR count). The Bertz CT molecular complexity index is 292. The van der Waals surface area contributed by atoms with E-state index in [-0.39, 0.29) is 0 Å². The summed E-state index contributed by atoms with van der Waals surface area (Å²) in [6.07, 6.45) is 10.4. The minimum Gasteiger partial charge on any atom is -0.383 e. The number of rotatable bonds is 14. The molecule has 1 saturated carbocycles. The minimum atomic E-state index is 0.594. The van der Waals surface area contributed by atoms with Crippen LogP contribution in [0.15, 0.2) is 4.99 Å². The molecule has 22 heavy (non-hydrogen) atoms. The van der Waals surface area contributed by atoms with Crippen molar-refractivity contribution < 1.29 is 4.74 Å². The molecule has 0 spiro atoms. The van der Waals surface area contributed by atoms with Crippen LogP contribution in [0.2, 0.25) is 0 Å². The third-order valence-electron chi connectivity index (χ3n) is 4.14.